The first-order valence-electron chi connectivity index (χ1n) is 7.04. The average Bonchev–Trinajstić information content (AvgIpc) is 2.84. The Morgan fingerprint density at radius 2 is 2.24 bits per heavy atom. The summed E-state index contributed by atoms with van der Waals surface area (Å²) >= 11 is 5.73. The molecule has 0 aromatic carbocycles. The number of ether oxygens (including phenoxy) is 1. The topological polar surface area (TPSA) is 67.3 Å². The van der Waals surface area contributed by atoms with E-state index in [0.29, 0.717) is 17.6 Å². The fraction of sp³-hybridized carbons (Fsp3) is 0.643. The Balaban J connectivity index is 1.78. The minimum absolute atomic E-state index is 0.368. The molecule has 1 aliphatic heterocycles. The van der Waals surface area contributed by atoms with Crippen molar-refractivity contribution < 1.29 is 9.53 Å². The summed E-state index contributed by atoms with van der Waals surface area (Å²) in [5.41, 5.74) is -0.468. The van der Waals surface area contributed by atoms with Gasteiger partial charge in [0.2, 0.25) is 0 Å². The van der Waals surface area contributed by atoms with E-state index in [1.807, 2.05) is 26.8 Å². The molecule has 0 unspecified atom stereocenters. The Morgan fingerprint density at radius 1 is 1.48 bits per heavy atom. The minimum atomic E-state index is -0.468. The molecule has 1 atom stereocenters. The third-order valence-electron chi connectivity index (χ3n) is 3.16. The van der Waals surface area contributed by atoms with Gasteiger partial charge in [0.05, 0.1) is 0 Å². The molecule has 116 valence electrons. The number of carbonyl (C=O) groups is 1. The second-order valence-electron chi connectivity index (χ2n) is 6.20. The minimum Gasteiger partial charge on any atom is -0.444 e. The van der Waals surface area contributed by atoms with E-state index < -0.39 is 5.60 Å². The number of aromatic nitrogens is 2. The van der Waals surface area contributed by atoms with Gasteiger partial charge < -0.3 is 15.0 Å². The summed E-state index contributed by atoms with van der Waals surface area (Å²) in [5, 5.41) is 11.1. The molecule has 0 radical (unpaired) electrons. The first-order valence-corrected chi connectivity index (χ1v) is 7.42. The smallest absolute Gasteiger partial charge is 0.407 e. The van der Waals surface area contributed by atoms with Gasteiger partial charge >= 0.3 is 6.09 Å². The molecule has 1 fully saturated rings. The summed E-state index contributed by atoms with van der Waals surface area (Å²) in [5.74, 6) is 1.20. The molecule has 0 saturated carbocycles. The van der Waals surface area contributed by atoms with E-state index in [1.165, 1.54) is 0 Å². The largest absolute Gasteiger partial charge is 0.444 e. The van der Waals surface area contributed by atoms with Crippen LogP contribution in [0, 0.1) is 5.92 Å². The second kappa shape index (κ2) is 6.47. The average molecular weight is 313 g/mol. The van der Waals surface area contributed by atoms with Crippen LogP contribution >= 0.6 is 11.6 Å². The lowest BCUT2D eigenvalue weighted by Crippen LogP contribution is -2.36. The molecule has 7 heteroatoms. The van der Waals surface area contributed by atoms with Crippen LogP contribution in [0.3, 0.4) is 0 Å². The van der Waals surface area contributed by atoms with Crippen LogP contribution in [-0.2, 0) is 4.74 Å². The zero-order chi connectivity index (χ0) is 15.5. The Morgan fingerprint density at radius 3 is 2.86 bits per heavy atom. The summed E-state index contributed by atoms with van der Waals surface area (Å²) in [6.07, 6.45) is 0.632. The lowest BCUT2D eigenvalue weighted by Gasteiger charge is -2.21. The van der Waals surface area contributed by atoms with E-state index in [-0.39, 0.29) is 6.09 Å². The second-order valence-corrected chi connectivity index (χ2v) is 6.59. The SMILES string of the molecule is CC(C)(C)OC(=O)NC[C@H]1CCN(c2ccc(Cl)nn2)C1. The molecule has 1 aromatic rings. The van der Waals surface area contributed by atoms with Crippen LogP contribution in [-0.4, -0.2) is 41.5 Å². The maximum absolute atomic E-state index is 11.6. The number of halogens is 1. The quantitative estimate of drug-likeness (QED) is 0.928. The van der Waals surface area contributed by atoms with E-state index in [9.17, 15) is 4.79 Å². The number of hydrogen-bond donors (Lipinski definition) is 1. The van der Waals surface area contributed by atoms with Gasteiger partial charge in [0.25, 0.3) is 0 Å². The van der Waals surface area contributed by atoms with Crippen molar-refractivity contribution in [1.29, 1.82) is 0 Å². The van der Waals surface area contributed by atoms with Gasteiger partial charge in [-0.05, 0) is 45.2 Å². The monoisotopic (exact) mass is 312 g/mol. The van der Waals surface area contributed by atoms with Crippen LogP contribution in [0.5, 0.6) is 0 Å². The van der Waals surface area contributed by atoms with E-state index in [1.54, 1.807) is 6.07 Å². The molecule has 2 heterocycles. The fourth-order valence-corrected chi connectivity index (χ4v) is 2.33. The highest BCUT2D eigenvalue weighted by atomic mass is 35.5. The van der Waals surface area contributed by atoms with Gasteiger partial charge in [-0.2, -0.15) is 0 Å². The number of alkyl carbamates (subject to hydrolysis) is 1. The molecule has 1 amide bonds. The Kier molecular flexibility index (Phi) is 4.88. The summed E-state index contributed by atoms with van der Waals surface area (Å²) < 4.78 is 5.22. The van der Waals surface area contributed by atoms with Crippen LogP contribution in [0.2, 0.25) is 5.15 Å². The van der Waals surface area contributed by atoms with Crippen LogP contribution in [0.25, 0.3) is 0 Å². The molecule has 21 heavy (non-hydrogen) atoms. The zero-order valence-corrected chi connectivity index (χ0v) is 13.4. The van der Waals surface area contributed by atoms with Gasteiger partial charge in [0.1, 0.15) is 5.60 Å². The molecule has 1 N–H and O–H groups in total. The number of amides is 1. The third-order valence-corrected chi connectivity index (χ3v) is 3.36. The molecular formula is C14H21ClN4O2. The van der Waals surface area contributed by atoms with Crippen molar-refractivity contribution in [1.82, 2.24) is 15.5 Å². The number of nitrogens with one attached hydrogen (secondary N) is 1. The predicted molar refractivity (Wildman–Crippen MR) is 81.6 cm³/mol. The van der Waals surface area contributed by atoms with Crippen LogP contribution in [0.4, 0.5) is 10.6 Å². The van der Waals surface area contributed by atoms with Gasteiger partial charge in [-0.1, -0.05) is 11.6 Å². The van der Waals surface area contributed by atoms with Crippen molar-refractivity contribution >= 4 is 23.5 Å². The Labute approximate surface area is 129 Å². The van der Waals surface area contributed by atoms with Crippen LogP contribution in [0.15, 0.2) is 12.1 Å². The van der Waals surface area contributed by atoms with Crippen LogP contribution < -0.4 is 10.2 Å². The lowest BCUT2D eigenvalue weighted by atomic mass is 10.1. The van der Waals surface area contributed by atoms with E-state index in [4.69, 9.17) is 16.3 Å². The van der Waals surface area contributed by atoms with Crippen molar-refractivity contribution in [3.63, 3.8) is 0 Å². The Bertz CT molecular complexity index is 487. The molecule has 0 aliphatic carbocycles. The van der Waals surface area contributed by atoms with E-state index >= 15 is 0 Å². The van der Waals surface area contributed by atoms with Gasteiger partial charge in [-0.15, -0.1) is 10.2 Å². The first kappa shape index (κ1) is 15.8. The molecule has 0 bridgehead atoms. The van der Waals surface area contributed by atoms with Crippen molar-refractivity contribution in [2.24, 2.45) is 5.92 Å². The van der Waals surface area contributed by atoms with Crippen molar-refractivity contribution in [2.75, 3.05) is 24.5 Å². The van der Waals surface area contributed by atoms with Gasteiger partial charge in [-0.3, -0.25) is 0 Å². The third kappa shape index (κ3) is 5.04. The summed E-state index contributed by atoms with van der Waals surface area (Å²) in [6, 6.07) is 3.59. The van der Waals surface area contributed by atoms with E-state index in [0.717, 1.165) is 25.3 Å². The maximum atomic E-state index is 11.6. The summed E-state index contributed by atoms with van der Waals surface area (Å²) in [7, 11) is 0. The number of rotatable bonds is 3. The highest BCUT2D eigenvalue weighted by Crippen LogP contribution is 2.21. The number of nitrogens with zero attached hydrogens (tertiary/aromatic N) is 3. The van der Waals surface area contributed by atoms with Crippen molar-refractivity contribution in [3.05, 3.63) is 17.3 Å². The summed E-state index contributed by atoms with van der Waals surface area (Å²) in [4.78, 5) is 13.8. The number of hydrogen-bond acceptors (Lipinski definition) is 5. The molecule has 0 spiro atoms. The highest BCUT2D eigenvalue weighted by Gasteiger charge is 2.25. The van der Waals surface area contributed by atoms with E-state index in [2.05, 4.69) is 20.4 Å². The first-order chi connectivity index (χ1) is 9.83. The Hall–Kier alpha value is -1.56. The fourth-order valence-electron chi connectivity index (χ4n) is 2.23. The normalized spacial score (nSPS) is 18.7. The lowest BCUT2D eigenvalue weighted by molar-refractivity contribution is 0.0520. The molecule has 1 aromatic heterocycles. The van der Waals surface area contributed by atoms with Gasteiger partial charge in [0, 0.05) is 19.6 Å². The van der Waals surface area contributed by atoms with Crippen molar-refractivity contribution in [3.8, 4) is 0 Å². The number of carbonyl (C=O) groups excluding carboxylic acids is 1. The molecular weight excluding hydrogens is 292 g/mol. The molecule has 2 rings (SSSR count). The summed E-state index contributed by atoms with van der Waals surface area (Å²) in [6.45, 7) is 7.89. The predicted octanol–water partition coefficient (Wildman–Crippen LogP) is 2.48. The standard InChI is InChI=1S/C14H21ClN4O2/c1-14(2,3)21-13(20)16-8-10-6-7-19(9-10)12-5-4-11(15)17-18-12/h4-5,10H,6-9H2,1-3H3,(H,16,20)/t10-/m1/s1. The van der Waals surface area contributed by atoms with Gasteiger partial charge in [-0.25, -0.2) is 4.79 Å². The molecule has 6 nitrogen and oxygen atoms in total. The maximum Gasteiger partial charge on any atom is 0.407 e. The van der Waals surface area contributed by atoms with Crippen LogP contribution in [0.1, 0.15) is 27.2 Å². The molecule has 1 aliphatic rings. The molecule has 1 saturated heterocycles. The highest BCUT2D eigenvalue weighted by molar-refractivity contribution is 6.29. The van der Waals surface area contributed by atoms with Crippen molar-refractivity contribution in [2.45, 2.75) is 32.8 Å². The van der Waals surface area contributed by atoms with Gasteiger partial charge in [0.15, 0.2) is 11.0 Å². The zero-order valence-electron chi connectivity index (χ0n) is 12.6. The number of anilines is 1.